The molecule has 120 valence electrons. The average Bonchev–Trinajstić information content (AvgIpc) is 3.03. The molecular formula is C15H18N6O2. The van der Waals surface area contributed by atoms with Gasteiger partial charge in [0.05, 0.1) is 4.92 Å². The summed E-state index contributed by atoms with van der Waals surface area (Å²) in [5.41, 5.74) is 0.223. The predicted octanol–water partition coefficient (Wildman–Crippen LogP) is 2.65. The summed E-state index contributed by atoms with van der Waals surface area (Å²) in [4.78, 5) is 23.5. The summed E-state index contributed by atoms with van der Waals surface area (Å²) in [5.74, 6) is 1.08. The number of nitrogens with one attached hydrogen (secondary N) is 1. The van der Waals surface area contributed by atoms with Crippen molar-refractivity contribution in [2.24, 2.45) is 5.92 Å². The number of rotatable bonds is 4. The molecule has 0 bridgehead atoms. The van der Waals surface area contributed by atoms with Gasteiger partial charge in [0.1, 0.15) is 12.0 Å². The minimum Gasteiger partial charge on any atom is -0.351 e. The topological polar surface area (TPSA) is 98.8 Å². The SMILES string of the molecule is Cc1nc(N[C@H]2CC=CC[C@@H]2C)nc(-n2ccnc2)c1[N+](=O)[O-]. The Kier molecular flexibility index (Phi) is 4.05. The number of hydrogen-bond donors (Lipinski definition) is 1. The lowest BCUT2D eigenvalue weighted by atomic mass is 9.91. The quantitative estimate of drug-likeness (QED) is 0.529. The van der Waals surface area contributed by atoms with Gasteiger partial charge in [-0.05, 0) is 25.7 Å². The third-order valence-electron chi connectivity index (χ3n) is 4.04. The largest absolute Gasteiger partial charge is 0.351 e. The molecule has 2 heterocycles. The van der Waals surface area contributed by atoms with Crippen LogP contribution in [0.15, 0.2) is 30.9 Å². The number of aryl methyl sites for hydroxylation is 1. The Morgan fingerprint density at radius 3 is 2.78 bits per heavy atom. The molecule has 0 saturated heterocycles. The third-order valence-corrected chi connectivity index (χ3v) is 4.04. The van der Waals surface area contributed by atoms with Gasteiger partial charge in [-0.1, -0.05) is 19.1 Å². The smallest absolute Gasteiger partial charge is 0.333 e. The van der Waals surface area contributed by atoms with Gasteiger partial charge in [-0.15, -0.1) is 0 Å². The zero-order valence-corrected chi connectivity index (χ0v) is 13.0. The van der Waals surface area contributed by atoms with Gasteiger partial charge in [-0.25, -0.2) is 9.97 Å². The van der Waals surface area contributed by atoms with E-state index in [0.717, 1.165) is 12.8 Å². The first kappa shape index (κ1) is 15.1. The van der Waals surface area contributed by atoms with E-state index in [9.17, 15) is 10.1 Å². The highest BCUT2D eigenvalue weighted by Gasteiger charge is 2.25. The Hall–Kier alpha value is -2.77. The predicted molar refractivity (Wildman–Crippen MR) is 85.5 cm³/mol. The van der Waals surface area contributed by atoms with E-state index in [1.807, 2.05) is 0 Å². The Balaban J connectivity index is 1.99. The van der Waals surface area contributed by atoms with E-state index in [4.69, 9.17) is 0 Å². The maximum Gasteiger partial charge on any atom is 0.333 e. The summed E-state index contributed by atoms with van der Waals surface area (Å²) < 4.78 is 1.53. The summed E-state index contributed by atoms with van der Waals surface area (Å²) >= 11 is 0. The molecule has 0 aliphatic heterocycles. The lowest BCUT2D eigenvalue weighted by Gasteiger charge is -2.26. The minimum absolute atomic E-state index is 0.106. The van der Waals surface area contributed by atoms with Crippen LogP contribution in [0.25, 0.3) is 5.82 Å². The third kappa shape index (κ3) is 3.05. The fourth-order valence-electron chi connectivity index (χ4n) is 2.71. The van der Waals surface area contributed by atoms with Crippen molar-refractivity contribution in [3.8, 4) is 5.82 Å². The molecule has 0 radical (unpaired) electrons. The number of hydrogen-bond acceptors (Lipinski definition) is 6. The molecule has 0 unspecified atom stereocenters. The van der Waals surface area contributed by atoms with Crippen molar-refractivity contribution < 1.29 is 4.92 Å². The van der Waals surface area contributed by atoms with Crippen LogP contribution in [0, 0.1) is 23.0 Å². The van der Waals surface area contributed by atoms with Gasteiger partial charge >= 0.3 is 5.69 Å². The molecule has 8 heteroatoms. The summed E-state index contributed by atoms with van der Waals surface area (Å²) in [5, 5.41) is 14.7. The molecule has 0 fully saturated rings. The van der Waals surface area contributed by atoms with Gasteiger partial charge in [0.25, 0.3) is 0 Å². The molecular weight excluding hydrogens is 296 g/mol. The molecule has 0 aromatic carbocycles. The fraction of sp³-hybridized carbons (Fsp3) is 0.400. The van der Waals surface area contributed by atoms with Crippen LogP contribution >= 0.6 is 0 Å². The van der Waals surface area contributed by atoms with Crippen LogP contribution in [0.1, 0.15) is 25.5 Å². The second-order valence-electron chi connectivity index (χ2n) is 5.70. The molecule has 0 saturated carbocycles. The number of aromatic nitrogens is 4. The second kappa shape index (κ2) is 6.15. The first-order valence-corrected chi connectivity index (χ1v) is 7.49. The number of imidazole rings is 1. The van der Waals surface area contributed by atoms with Crippen molar-refractivity contribution in [2.45, 2.75) is 32.7 Å². The monoisotopic (exact) mass is 314 g/mol. The molecule has 1 aliphatic carbocycles. The Labute approximate surface area is 133 Å². The summed E-state index contributed by atoms with van der Waals surface area (Å²) in [6.07, 6.45) is 10.9. The lowest BCUT2D eigenvalue weighted by molar-refractivity contribution is -0.385. The number of allylic oxidation sites excluding steroid dienone is 1. The van der Waals surface area contributed by atoms with E-state index in [-0.39, 0.29) is 17.5 Å². The maximum atomic E-state index is 11.4. The van der Waals surface area contributed by atoms with Gasteiger partial charge < -0.3 is 5.32 Å². The zero-order chi connectivity index (χ0) is 16.4. The van der Waals surface area contributed by atoms with Crippen LogP contribution in [0.5, 0.6) is 0 Å². The van der Waals surface area contributed by atoms with Crippen molar-refractivity contribution in [1.29, 1.82) is 0 Å². The van der Waals surface area contributed by atoms with Crippen LogP contribution in [0.4, 0.5) is 11.6 Å². The van der Waals surface area contributed by atoms with E-state index in [1.165, 1.54) is 10.9 Å². The van der Waals surface area contributed by atoms with Crippen molar-refractivity contribution in [2.75, 3.05) is 5.32 Å². The van der Waals surface area contributed by atoms with Crippen molar-refractivity contribution >= 4 is 11.6 Å². The molecule has 2 atom stereocenters. The zero-order valence-electron chi connectivity index (χ0n) is 13.0. The van der Waals surface area contributed by atoms with E-state index in [1.54, 1.807) is 19.3 Å². The van der Waals surface area contributed by atoms with E-state index in [0.29, 0.717) is 17.6 Å². The Morgan fingerprint density at radius 2 is 2.13 bits per heavy atom. The normalized spacial score (nSPS) is 20.4. The van der Waals surface area contributed by atoms with Crippen molar-refractivity contribution in [1.82, 2.24) is 19.5 Å². The number of nitrogens with zero attached hydrogens (tertiary/aromatic N) is 5. The van der Waals surface area contributed by atoms with Gasteiger partial charge in [-0.3, -0.25) is 14.7 Å². The van der Waals surface area contributed by atoms with Gasteiger partial charge in [0.15, 0.2) is 0 Å². The molecule has 2 aromatic heterocycles. The highest BCUT2D eigenvalue weighted by Crippen LogP contribution is 2.27. The van der Waals surface area contributed by atoms with Crippen LogP contribution in [0.2, 0.25) is 0 Å². The lowest BCUT2D eigenvalue weighted by Crippen LogP contribution is -2.29. The van der Waals surface area contributed by atoms with Gasteiger partial charge in [0.2, 0.25) is 11.8 Å². The summed E-state index contributed by atoms with van der Waals surface area (Å²) in [6.45, 7) is 3.78. The fourth-order valence-corrected chi connectivity index (χ4v) is 2.71. The van der Waals surface area contributed by atoms with Gasteiger partial charge in [-0.2, -0.15) is 4.98 Å². The van der Waals surface area contributed by atoms with Crippen LogP contribution < -0.4 is 5.32 Å². The summed E-state index contributed by atoms with van der Waals surface area (Å²) in [7, 11) is 0. The number of anilines is 1. The molecule has 0 amide bonds. The standard InChI is InChI=1S/C15H18N6O2/c1-10-5-3-4-6-12(10)18-15-17-11(2)13(21(22)23)14(19-15)20-8-7-16-9-20/h3-4,7-10,12H,5-6H2,1-2H3,(H,17,18,19)/t10-,12-/m0/s1. The summed E-state index contributed by atoms with van der Waals surface area (Å²) in [6, 6.07) is 0.219. The molecule has 1 aliphatic rings. The molecule has 2 aromatic rings. The van der Waals surface area contributed by atoms with E-state index < -0.39 is 4.92 Å². The highest BCUT2D eigenvalue weighted by atomic mass is 16.6. The molecule has 1 N–H and O–H groups in total. The molecule has 8 nitrogen and oxygen atoms in total. The first-order chi connectivity index (χ1) is 11.1. The molecule has 0 spiro atoms. The van der Waals surface area contributed by atoms with Crippen molar-refractivity contribution in [3.63, 3.8) is 0 Å². The molecule has 23 heavy (non-hydrogen) atoms. The van der Waals surface area contributed by atoms with Crippen LogP contribution in [-0.4, -0.2) is 30.5 Å². The molecule has 3 rings (SSSR count). The van der Waals surface area contributed by atoms with Gasteiger partial charge in [0, 0.05) is 18.4 Å². The first-order valence-electron chi connectivity index (χ1n) is 7.49. The maximum absolute atomic E-state index is 11.4. The number of nitro groups is 1. The minimum atomic E-state index is -0.458. The van der Waals surface area contributed by atoms with Crippen LogP contribution in [-0.2, 0) is 0 Å². The highest BCUT2D eigenvalue weighted by molar-refractivity contribution is 5.53. The van der Waals surface area contributed by atoms with E-state index >= 15 is 0 Å². The Morgan fingerprint density at radius 1 is 1.35 bits per heavy atom. The van der Waals surface area contributed by atoms with E-state index in [2.05, 4.69) is 39.3 Å². The average molecular weight is 314 g/mol. The second-order valence-corrected chi connectivity index (χ2v) is 5.70. The van der Waals surface area contributed by atoms with Crippen molar-refractivity contribution in [3.05, 3.63) is 46.7 Å². The van der Waals surface area contributed by atoms with Crippen LogP contribution in [0.3, 0.4) is 0 Å². The Bertz CT molecular complexity index is 741.